The molecule has 102 valence electrons. The lowest BCUT2D eigenvalue weighted by molar-refractivity contribution is 0.343. The van der Waals surface area contributed by atoms with Crippen LogP contribution in [0.25, 0.3) is 22.1 Å². The van der Waals surface area contributed by atoms with Gasteiger partial charge in [-0.25, -0.2) is 4.98 Å². The maximum Gasteiger partial charge on any atom is 0.297 e. The molecule has 20 heavy (non-hydrogen) atoms. The van der Waals surface area contributed by atoms with Crippen LogP contribution in [0.15, 0.2) is 39.8 Å². The highest BCUT2D eigenvalue weighted by Gasteiger charge is 2.20. The van der Waals surface area contributed by atoms with Crippen molar-refractivity contribution in [3.05, 3.63) is 40.9 Å². The van der Waals surface area contributed by atoms with Crippen molar-refractivity contribution >= 4 is 22.1 Å². The Balaban J connectivity index is 1.94. The fourth-order valence-electron chi connectivity index (χ4n) is 3.21. The molecule has 2 heterocycles. The van der Waals surface area contributed by atoms with E-state index in [1.54, 1.807) is 10.9 Å². The van der Waals surface area contributed by atoms with Gasteiger partial charge in [0, 0.05) is 11.4 Å². The molecule has 0 amide bonds. The highest BCUT2D eigenvalue weighted by Crippen LogP contribution is 2.28. The van der Waals surface area contributed by atoms with Crippen LogP contribution in [-0.2, 0) is 0 Å². The van der Waals surface area contributed by atoms with Gasteiger partial charge in [0.1, 0.15) is 11.1 Å². The zero-order valence-corrected chi connectivity index (χ0v) is 11.2. The van der Waals surface area contributed by atoms with Crippen LogP contribution in [0.2, 0.25) is 0 Å². The van der Waals surface area contributed by atoms with Gasteiger partial charge in [-0.3, -0.25) is 9.36 Å². The van der Waals surface area contributed by atoms with E-state index in [0.29, 0.717) is 11.1 Å². The van der Waals surface area contributed by atoms with Crippen molar-refractivity contribution in [2.75, 3.05) is 0 Å². The number of nitrogens with zero attached hydrogens (tertiary/aromatic N) is 2. The summed E-state index contributed by atoms with van der Waals surface area (Å²) >= 11 is 0. The maximum absolute atomic E-state index is 12.6. The Morgan fingerprint density at radius 3 is 2.80 bits per heavy atom. The first-order valence-corrected chi connectivity index (χ1v) is 7.23. The molecule has 0 atom stereocenters. The number of rotatable bonds is 1. The Morgan fingerprint density at radius 2 is 1.95 bits per heavy atom. The Labute approximate surface area is 116 Å². The van der Waals surface area contributed by atoms with Crippen LogP contribution in [0.1, 0.15) is 38.1 Å². The summed E-state index contributed by atoms with van der Waals surface area (Å²) in [4.78, 5) is 17.1. The molecule has 4 heteroatoms. The molecule has 1 aliphatic rings. The van der Waals surface area contributed by atoms with Crippen LogP contribution in [0.5, 0.6) is 0 Å². The maximum atomic E-state index is 12.6. The molecule has 0 N–H and O–H groups in total. The van der Waals surface area contributed by atoms with E-state index in [9.17, 15) is 4.79 Å². The van der Waals surface area contributed by atoms with Crippen LogP contribution in [-0.4, -0.2) is 9.55 Å². The van der Waals surface area contributed by atoms with E-state index in [1.165, 1.54) is 19.3 Å². The lowest BCUT2D eigenvalue weighted by Crippen LogP contribution is -2.26. The quantitative estimate of drug-likeness (QED) is 0.677. The Morgan fingerprint density at radius 1 is 1.15 bits per heavy atom. The van der Waals surface area contributed by atoms with Crippen molar-refractivity contribution < 1.29 is 4.42 Å². The average Bonchev–Trinajstić information content (AvgIpc) is 2.88. The zero-order valence-electron chi connectivity index (χ0n) is 11.2. The molecule has 0 unspecified atom stereocenters. The Bertz CT molecular complexity index is 825. The monoisotopic (exact) mass is 268 g/mol. The van der Waals surface area contributed by atoms with E-state index in [4.69, 9.17) is 4.42 Å². The van der Waals surface area contributed by atoms with Crippen LogP contribution in [0.3, 0.4) is 0 Å². The fraction of sp³-hybridized carbons (Fsp3) is 0.375. The molecule has 0 saturated heterocycles. The second-order valence-corrected chi connectivity index (χ2v) is 5.52. The third kappa shape index (κ3) is 1.68. The first-order valence-electron chi connectivity index (χ1n) is 7.23. The summed E-state index contributed by atoms with van der Waals surface area (Å²) in [5, 5.41) is 0.912. The number of fused-ring (bicyclic) bond motifs is 3. The number of furan rings is 1. The average molecular weight is 268 g/mol. The van der Waals surface area contributed by atoms with Crippen molar-refractivity contribution in [1.82, 2.24) is 9.55 Å². The lowest BCUT2D eigenvalue weighted by atomic mass is 9.95. The third-order valence-corrected chi connectivity index (χ3v) is 4.28. The highest BCUT2D eigenvalue weighted by atomic mass is 16.3. The lowest BCUT2D eigenvalue weighted by Gasteiger charge is -2.23. The van der Waals surface area contributed by atoms with Crippen LogP contribution in [0.4, 0.5) is 0 Å². The summed E-state index contributed by atoms with van der Waals surface area (Å²) in [5.74, 6) is 0. The van der Waals surface area contributed by atoms with E-state index in [2.05, 4.69) is 4.98 Å². The minimum atomic E-state index is -0.0434. The van der Waals surface area contributed by atoms with Crippen molar-refractivity contribution in [2.24, 2.45) is 0 Å². The van der Waals surface area contributed by atoms with Gasteiger partial charge in [0.2, 0.25) is 5.58 Å². The molecule has 4 rings (SSSR count). The molecule has 1 fully saturated rings. The Hall–Kier alpha value is -2.10. The van der Waals surface area contributed by atoms with Gasteiger partial charge in [-0.2, -0.15) is 0 Å². The van der Waals surface area contributed by atoms with Crippen molar-refractivity contribution in [3.8, 4) is 0 Å². The molecular weight excluding hydrogens is 252 g/mol. The SMILES string of the molecule is O=c1c2oc3ccccc3c2ncn1C1CCCCC1. The molecule has 4 nitrogen and oxygen atoms in total. The second-order valence-electron chi connectivity index (χ2n) is 5.52. The first-order chi connectivity index (χ1) is 9.84. The summed E-state index contributed by atoms with van der Waals surface area (Å²) < 4.78 is 7.49. The summed E-state index contributed by atoms with van der Waals surface area (Å²) in [6, 6.07) is 7.94. The largest absolute Gasteiger partial charge is 0.448 e. The number of hydrogen-bond acceptors (Lipinski definition) is 3. The van der Waals surface area contributed by atoms with E-state index in [1.807, 2.05) is 24.3 Å². The molecule has 2 aromatic heterocycles. The molecular formula is C16H16N2O2. The molecule has 1 aliphatic carbocycles. The summed E-state index contributed by atoms with van der Waals surface area (Å²) in [7, 11) is 0. The molecule has 0 bridgehead atoms. The van der Waals surface area contributed by atoms with Gasteiger partial charge in [0.15, 0.2) is 0 Å². The first kappa shape index (κ1) is 11.7. The minimum Gasteiger partial charge on any atom is -0.448 e. The zero-order chi connectivity index (χ0) is 13.5. The van der Waals surface area contributed by atoms with Crippen molar-refractivity contribution in [2.45, 2.75) is 38.1 Å². The van der Waals surface area contributed by atoms with Crippen molar-refractivity contribution in [1.29, 1.82) is 0 Å². The normalized spacial score (nSPS) is 17.0. The predicted octanol–water partition coefficient (Wildman–Crippen LogP) is 3.65. The van der Waals surface area contributed by atoms with E-state index in [0.717, 1.165) is 23.8 Å². The van der Waals surface area contributed by atoms with E-state index in [-0.39, 0.29) is 11.6 Å². The van der Waals surface area contributed by atoms with Gasteiger partial charge in [-0.15, -0.1) is 0 Å². The predicted molar refractivity (Wildman–Crippen MR) is 77.9 cm³/mol. The standard InChI is InChI=1S/C16H16N2O2/c19-16-15-14(12-8-4-5-9-13(12)20-15)17-10-18(16)11-6-2-1-3-7-11/h4-5,8-11H,1-3,6-7H2. The molecule has 1 saturated carbocycles. The molecule has 1 aromatic carbocycles. The van der Waals surface area contributed by atoms with Gasteiger partial charge in [0.05, 0.1) is 6.33 Å². The Kier molecular flexibility index (Phi) is 2.62. The fourth-order valence-corrected chi connectivity index (χ4v) is 3.21. The number of aromatic nitrogens is 2. The minimum absolute atomic E-state index is 0.0434. The topological polar surface area (TPSA) is 48.0 Å². The smallest absolute Gasteiger partial charge is 0.297 e. The number of para-hydroxylation sites is 1. The van der Waals surface area contributed by atoms with Crippen LogP contribution >= 0.6 is 0 Å². The molecule has 0 radical (unpaired) electrons. The van der Waals surface area contributed by atoms with E-state index < -0.39 is 0 Å². The van der Waals surface area contributed by atoms with Gasteiger partial charge >= 0.3 is 0 Å². The van der Waals surface area contributed by atoms with Gasteiger partial charge in [-0.1, -0.05) is 31.4 Å². The summed E-state index contributed by atoms with van der Waals surface area (Å²) in [6.07, 6.45) is 7.47. The van der Waals surface area contributed by atoms with Gasteiger partial charge < -0.3 is 4.42 Å². The molecule has 0 spiro atoms. The van der Waals surface area contributed by atoms with Crippen LogP contribution < -0.4 is 5.56 Å². The van der Waals surface area contributed by atoms with Crippen LogP contribution in [0, 0.1) is 0 Å². The third-order valence-electron chi connectivity index (χ3n) is 4.28. The van der Waals surface area contributed by atoms with Gasteiger partial charge in [-0.05, 0) is 25.0 Å². The highest BCUT2D eigenvalue weighted by molar-refractivity contribution is 6.01. The molecule has 0 aliphatic heterocycles. The van der Waals surface area contributed by atoms with Gasteiger partial charge in [0.25, 0.3) is 5.56 Å². The van der Waals surface area contributed by atoms with E-state index >= 15 is 0 Å². The van der Waals surface area contributed by atoms with Crippen molar-refractivity contribution in [3.63, 3.8) is 0 Å². The number of hydrogen-bond donors (Lipinski definition) is 0. The second kappa shape index (κ2) is 4.47. The summed E-state index contributed by atoms with van der Waals surface area (Å²) in [5.41, 5.74) is 1.75. The molecule has 3 aromatic rings. The summed E-state index contributed by atoms with van der Waals surface area (Å²) in [6.45, 7) is 0. The number of benzene rings is 1.